The minimum Gasteiger partial charge on any atom is -0.497 e. The van der Waals surface area contributed by atoms with Crippen LogP contribution < -0.4 is 18.9 Å². The number of hydrogen-bond donors (Lipinski definition) is 1. The SMILES string of the molecule is COc1cccc(NS(=O)(=O)c2ccc3c(c2)OCCO3)c1. The lowest BCUT2D eigenvalue weighted by Crippen LogP contribution is -2.17. The summed E-state index contributed by atoms with van der Waals surface area (Å²) in [5.41, 5.74) is 0.425. The molecule has 1 aliphatic heterocycles. The number of sulfonamides is 1. The van der Waals surface area contributed by atoms with E-state index in [0.717, 1.165) is 0 Å². The molecule has 2 aromatic carbocycles. The van der Waals surface area contributed by atoms with Crippen molar-refractivity contribution in [3.63, 3.8) is 0 Å². The number of methoxy groups -OCH3 is 1. The van der Waals surface area contributed by atoms with Crippen molar-refractivity contribution in [2.24, 2.45) is 0 Å². The molecule has 0 saturated carbocycles. The number of benzene rings is 2. The summed E-state index contributed by atoms with van der Waals surface area (Å²) in [5, 5.41) is 0. The number of hydrogen-bond acceptors (Lipinski definition) is 5. The van der Waals surface area contributed by atoms with Gasteiger partial charge in [0.2, 0.25) is 0 Å². The molecule has 1 N–H and O–H groups in total. The summed E-state index contributed by atoms with van der Waals surface area (Å²) in [5.74, 6) is 1.55. The number of nitrogens with one attached hydrogen (secondary N) is 1. The number of anilines is 1. The minimum absolute atomic E-state index is 0.111. The van der Waals surface area contributed by atoms with Crippen molar-refractivity contribution in [3.05, 3.63) is 42.5 Å². The number of fused-ring (bicyclic) bond motifs is 1. The summed E-state index contributed by atoms with van der Waals surface area (Å²) in [6.07, 6.45) is 0. The largest absolute Gasteiger partial charge is 0.497 e. The van der Waals surface area contributed by atoms with Gasteiger partial charge in [0.05, 0.1) is 17.7 Å². The van der Waals surface area contributed by atoms with E-state index in [-0.39, 0.29) is 4.90 Å². The molecule has 1 aliphatic rings. The van der Waals surface area contributed by atoms with E-state index in [1.54, 1.807) is 30.3 Å². The van der Waals surface area contributed by atoms with Gasteiger partial charge in [-0.05, 0) is 24.3 Å². The normalized spacial score (nSPS) is 13.5. The lowest BCUT2D eigenvalue weighted by atomic mass is 10.3. The van der Waals surface area contributed by atoms with Crippen molar-refractivity contribution >= 4 is 15.7 Å². The van der Waals surface area contributed by atoms with Crippen molar-refractivity contribution in [1.29, 1.82) is 0 Å². The van der Waals surface area contributed by atoms with E-state index >= 15 is 0 Å². The van der Waals surface area contributed by atoms with Crippen LogP contribution in [0.25, 0.3) is 0 Å². The van der Waals surface area contributed by atoms with Crippen LogP contribution in [0.4, 0.5) is 5.69 Å². The van der Waals surface area contributed by atoms with Crippen LogP contribution in [0.2, 0.25) is 0 Å². The minimum atomic E-state index is -3.71. The Hall–Kier alpha value is -2.41. The van der Waals surface area contributed by atoms with E-state index in [2.05, 4.69) is 4.72 Å². The Morgan fingerprint density at radius 1 is 1.05 bits per heavy atom. The molecule has 0 aromatic heterocycles. The zero-order chi connectivity index (χ0) is 15.6. The summed E-state index contributed by atoms with van der Waals surface area (Å²) >= 11 is 0. The maximum Gasteiger partial charge on any atom is 0.262 e. The van der Waals surface area contributed by atoms with Gasteiger partial charge in [-0.25, -0.2) is 8.42 Å². The Bertz CT molecular complexity index is 788. The molecule has 0 bridgehead atoms. The van der Waals surface area contributed by atoms with E-state index in [1.165, 1.54) is 19.2 Å². The van der Waals surface area contributed by atoms with E-state index in [1.807, 2.05) is 0 Å². The molecule has 0 spiro atoms. The van der Waals surface area contributed by atoms with Gasteiger partial charge in [0.1, 0.15) is 19.0 Å². The van der Waals surface area contributed by atoms with Gasteiger partial charge in [0.25, 0.3) is 10.0 Å². The molecule has 6 nitrogen and oxygen atoms in total. The molecule has 116 valence electrons. The first-order valence-corrected chi connectivity index (χ1v) is 8.13. The average molecular weight is 321 g/mol. The Kier molecular flexibility index (Phi) is 3.81. The Morgan fingerprint density at radius 3 is 2.59 bits per heavy atom. The molecule has 0 radical (unpaired) electrons. The highest BCUT2D eigenvalue weighted by atomic mass is 32.2. The van der Waals surface area contributed by atoms with Gasteiger partial charge in [0.15, 0.2) is 11.5 Å². The van der Waals surface area contributed by atoms with Crippen LogP contribution in [0, 0.1) is 0 Å². The fourth-order valence-corrected chi connectivity index (χ4v) is 3.16. The van der Waals surface area contributed by atoms with Crippen molar-refractivity contribution in [2.75, 3.05) is 25.0 Å². The fraction of sp³-hybridized carbons (Fsp3) is 0.200. The molecule has 0 atom stereocenters. The maximum absolute atomic E-state index is 12.4. The zero-order valence-corrected chi connectivity index (χ0v) is 12.7. The third-order valence-electron chi connectivity index (χ3n) is 3.15. The van der Waals surface area contributed by atoms with Crippen LogP contribution >= 0.6 is 0 Å². The third-order valence-corrected chi connectivity index (χ3v) is 4.52. The highest BCUT2D eigenvalue weighted by Gasteiger charge is 2.19. The smallest absolute Gasteiger partial charge is 0.262 e. The first-order valence-electron chi connectivity index (χ1n) is 6.65. The second-order valence-electron chi connectivity index (χ2n) is 4.64. The molecule has 0 aliphatic carbocycles. The molecule has 0 fully saturated rings. The molecular formula is C15H15NO5S. The van der Waals surface area contributed by atoms with Gasteiger partial charge in [-0.15, -0.1) is 0 Å². The van der Waals surface area contributed by atoms with E-state index in [4.69, 9.17) is 14.2 Å². The molecule has 0 amide bonds. The van der Waals surface area contributed by atoms with Gasteiger partial charge in [-0.2, -0.15) is 0 Å². The Labute approximate surface area is 128 Å². The van der Waals surface area contributed by atoms with Gasteiger partial charge in [0, 0.05) is 12.1 Å². The molecule has 0 unspecified atom stereocenters. The molecule has 3 rings (SSSR count). The standard InChI is InChI=1S/C15H15NO5S/c1-19-12-4-2-3-11(9-12)16-22(17,18)13-5-6-14-15(10-13)21-8-7-20-14/h2-6,9-10,16H,7-8H2,1H3. The first kappa shape index (κ1) is 14.5. The summed E-state index contributed by atoms with van der Waals surface area (Å²) in [7, 11) is -2.19. The van der Waals surface area contributed by atoms with Gasteiger partial charge in [-0.3, -0.25) is 4.72 Å². The van der Waals surface area contributed by atoms with E-state index in [0.29, 0.717) is 36.1 Å². The first-order chi connectivity index (χ1) is 10.6. The summed E-state index contributed by atoms with van der Waals surface area (Å²) in [4.78, 5) is 0.111. The highest BCUT2D eigenvalue weighted by molar-refractivity contribution is 7.92. The molecule has 0 saturated heterocycles. The van der Waals surface area contributed by atoms with Gasteiger partial charge < -0.3 is 14.2 Å². The monoisotopic (exact) mass is 321 g/mol. The lowest BCUT2D eigenvalue weighted by molar-refractivity contribution is 0.171. The van der Waals surface area contributed by atoms with Crippen molar-refractivity contribution in [1.82, 2.24) is 0 Å². The fourth-order valence-electron chi connectivity index (χ4n) is 2.09. The van der Waals surface area contributed by atoms with Gasteiger partial charge in [-0.1, -0.05) is 6.07 Å². The summed E-state index contributed by atoms with van der Waals surface area (Å²) < 4.78 is 43.3. The molecule has 2 aromatic rings. The second-order valence-corrected chi connectivity index (χ2v) is 6.33. The lowest BCUT2D eigenvalue weighted by Gasteiger charge is -2.19. The van der Waals surface area contributed by atoms with Gasteiger partial charge >= 0.3 is 0 Å². The van der Waals surface area contributed by atoms with Crippen molar-refractivity contribution < 1.29 is 22.6 Å². The number of rotatable bonds is 4. The predicted molar refractivity (Wildman–Crippen MR) is 81.2 cm³/mol. The summed E-state index contributed by atoms with van der Waals surface area (Å²) in [6.45, 7) is 0.862. The zero-order valence-electron chi connectivity index (χ0n) is 11.9. The predicted octanol–water partition coefficient (Wildman–Crippen LogP) is 2.27. The van der Waals surface area contributed by atoms with E-state index < -0.39 is 10.0 Å². The van der Waals surface area contributed by atoms with Crippen molar-refractivity contribution in [3.8, 4) is 17.2 Å². The molecular weight excluding hydrogens is 306 g/mol. The topological polar surface area (TPSA) is 73.9 Å². The molecule has 22 heavy (non-hydrogen) atoms. The van der Waals surface area contributed by atoms with Crippen molar-refractivity contribution in [2.45, 2.75) is 4.90 Å². The van der Waals surface area contributed by atoms with Crippen LogP contribution in [0.1, 0.15) is 0 Å². The Morgan fingerprint density at radius 2 is 1.82 bits per heavy atom. The second kappa shape index (κ2) is 5.76. The van der Waals surface area contributed by atoms with E-state index in [9.17, 15) is 8.42 Å². The third kappa shape index (κ3) is 2.94. The van der Waals surface area contributed by atoms with Crippen LogP contribution in [-0.4, -0.2) is 28.7 Å². The van der Waals surface area contributed by atoms with Crippen LogP contribution in [0.3, 0.4) is 0 Å². The van der Waals surface area contributed by atoms with Crippen LogP contribution in [0.5, 0.6) is 17.2 Å². The highest BCUT2D eigenvalue weighted by Crippen LogP contribution is 2.32. The van der Waals surface area contributed by atoms with Crippen LogP contribution in [0.15, 0.2) is 47.4 Å². The Balaban J connectivity index is 1.89. The molecule has 7 heteroatoms. The average Bonchev–Trinajstić information content (AvgIpc) is 2.54. The number of ether oxygens (including phenoxy) is 3. The molecule has 1 heterocycles. The quantitative estimate of drug-likeness (QED) is 0.935. The maximum atomic E-state index is 12.4. The summed E-state index contributed by atoms with van der Waals surface area (Å²) in [6, 6.07) is 11.2. The van der Waals surface area contributed by atoms with Crippen LogP contribution in [-0.2, 0) is 10.0 Å².